The Morgan fingerprint density at radius 3 is 2.64 bits per heavy atom. The van der Waals surface area contributed by atoms with Crippen LogP contribution in [-0.2, 0) is 10.6 Å². The molecule has 2 aromatic rings. The lowest BCUT2D eigenvalue weighted by atomic mass is 9.81. The van der Waals surface area contributed by atoms with Gasteiger partial charge in [0.1, 0.15) is 17.0 Å². The van der Waals surface area contributed by atoms with Crippen LogP contribution in [0.3, 0.4) is 0 Å². The van der Waals surface area contributed by atoms with E-state index >= 15 is 0 Å². The van der Waals surface area contributed by atoms with E-state index in [2.05, 4.69) is 21.0 Å². The number of hydrogen-bond acceptors (Lipinski definition) is 3. The summed E-state index contributed by atoms with van der Waals surface area (Å²) in [6.45, 7) is 0.541. The van der Waals surface area contributed by atoms with Gasteiger partial charge < -0.3 is 14.7 Å². The Balaban J connectivity index is 1.82. The van der Waals surface area contributed by atoms with E-state index in [1.54, 1.807) is 24.3 Å². The zero-order chi connectivity index (χ0) is 17.8. The molecule has 1 fully saturated rings. The van der Waals surface area contributed by atoms with E-state index in [9.17, 15) is 13.6 Å². The predicted molar refractivity (Wildman–Crippen MR) is 87.9 cm³/mol. The van der Waals surface area contributed by atoms with Crippen molar-refractivity contribution in [1.82, 2.24) is 14.7 Å². The third-order valence-corrected chi connectivity index (χ3v) is 5.12. The van der Waals surface area contributed by atoms with Gasteiger partial charge in [0.05, 0.1) is 0 Å². The van der Waals surface area contributed by atoms with Gasteiger partial charge in [0, 0.05) is 59.2 Å². The summed E-state index contributed by atoms with van der Waals surface area (Å²) >= 11 is 2.33. The molecule has 1 N–H and O–H groups in total. The van der Waals surface area contributed by atoms with Gasteiger partial charge in [0.15, 0.2) is 0 Å². The molecule has 1 aromatic carbocycles. The second-order valence-corrected chi connectivity index (χ2v) is 7.12. The second-order valence-electron chi connectivity index (χ2n) is 6.17. The highest BCUT2D eigenvalue weighted by Crippen LogP contribution is 2.49. The smallest absolute Gasteiger partial charge is 0.407 e. The number of alkyl halides is 3. The quantitative estimate of drug-likeness (QED) is 0.721. The van der Waals surface area contributed by atoms with Crippen LogP contribution in [-0.4, -0.2) is 39.0 Å². The fourth-order valence-corrected chi connectivity index (χ4v) is 3.67. The van der Waals surface area contributed by atoms with Crippen LogP contribution in [0.5, 0.6) is 5.75 Å². The minimum atomic E-state index is -3.32. The summed E-state index contributed by atoms with van der Waals surface area (Å²) in [5, 5.41) is 13.2. The summed E-state index contributed by atoms with van der Waals surface area (Å²) < 4.78 is 34.2. The predicted octanol–water partition coefficient (Wildman–Crippen LogP) is 3.81. The van der Waals surface area contributed by atoms with E-state index < -0.39 is 16.7 Å². The number of nitrogens with zero attached hydrogens (tertiary/aromatic N) is 3. The summed E-state index contributed by atoms with van der Waals surface area (Å²) in [7, 11) is 0. The van der Waals surface area contributed by atoms with Gasteiger partial charge in [-0.3, -0.25) is 0 Å². The Kier molecular flexibility index (Phi) is 3.54. The number of benzene rings is 1. The summed E-state index contributed by atoms with van der Waals surface area (Å²) in [5.74, 6) is 0.571. The maximum Gasteiger partial charge on any atom is 0.407 e. The average molecular weight is 414 g/mol. The molecular formula is C16H14BrF2N3O3. The topological polar surface area (TPSA) is 67.6 Å². The molecule has 0 aliphatic carbocycles. The number of rotatable bonds is 1. The third kappa shape index (κ3) is 2.57. The summed E-state index contributed by atoms with van der Waals surface area (Å²) in [5.41, 5.74) is 0.811. The van der Waals surface area contributed by atoms with Crippen LogP contribution in [0.4, 0.5) is 13.6 Å². The van der Waals surface area contributed by atoms with Crippen LogP contribution in [0.1, 0.15) is 18.4 Å². The summed E-state index contributed by atoms with van der Waals surface area (Å²) in [6, 6.07) is 7.15. The number of carbonyl (C=O) groups is 1. The van der Waals surface area contributed by atoms with E-state index in [4.69, 9.17) is 9.84 Å². The maximum absolute atomic E-state index is 13.7. The van der Waals surface area contributed by atoms with E-state index in [1.807, 2.05) is 0 Å². The van der Waals surface area contributed by atoms with Crippen LogP contribution < -0.4 is 4.74 Å². The molecule has 0 radical (unpaired) electrons. The number of piperidine rings is 1. The van der Waals surface area contributed by atoms with Gasteiger partial charge in [-0.25, -0.2) is 4.79 Å². The van der Waals surface area contributed by atoms with Gasteiger partial charge in [-0.2, -0.15) is 18.6 Å². The van der Waals surface area contributed by atoms with Gasteiger partial charge in [-0.05, 0) is 12.1 Å². The zero-order valence-corrected chi connectivity index (χ0v) is 14.5. The molecule has 0 bridgehead atoms. The number of ether oxygens (including phenoxy) is 1. The van der Waals surface area contributed by atoms with Crippen molar-refractivity contribution < 1.29 is 23.4 Å². The molecule has 0 unspecified atom stereocenters. The van der Waals surface area contributed by atoms with Gasteiger partial charge in [-0.1, -0.05) is 12.1 Å². The number of halogens is 3. The fourth-order valence-electron chi connectivity index (χ4n) is 3.48. The van der Waals surface area contributed by atoms with Crippen molar-refractivity contribution >= 4 is 22.0 Å². The molecule has 0 atom stereocenters. The van der Waals surface area contributed by atoms with E-state index in [0.717, 1.165) is 0 Å². The molecule has 4 rings (SSSR count). The first-order valence-electron chi connectivity index (χ1n) is 7.74. The first kappa shape index (κ1) is 16.3. The monoisotopic (exact) mass is 413 g/mol. The minimum Gasteiger partial charge on any atom is -0.482 e. The number of carboxylic acid groups (broad SMARTS) is 1. The van der Waals surface area contributed by atoms with Crippen LogP contribution in [0.15, 0.2) is 30.5 Å². The molecule has 3 heterocycles. The van der Waals surface area contributed by atoms with Crippen LogP contribution in [0, 0.1) is 0 Å². The highest BCUT2D eigenvalue weighted by atomic mass is 79.9. The van der Waals surface area contributed by atoms with Crippen molar-refractivity contribution in [2.75, 3.05) is 13.1 Å². The zero-order valence-electron chi connectivity index (χ0n) is 13.0. The van der Waals surface area contributed by atoms with E-state index in [-0.39, 0.29) is 13.1 Å². The molecule has 6 nitrogen and oxygen atoms in total. The Bertz CT molecular complexity index is 841. The van der Waals surface area contributed by atoms with Crippen LogP contribution in [0.25, 0.3) is 11.3 Å². The van der Waals surface area contributed by atoms with Crippen molar-refractivity contribution in [3.05, 3.63) is 36.0 Å². The minimum absolute atomic E-state index is 0.271. The Morgan fingerprint density at radius 2 is 2.00 bits per heavy atom. The third-order valence-electron chi connectivity index (χ3n) is 4.75. The largest absolute Gasteiger partial charge is 0.482 e. The van der Waals surface area contributed by atoms with Crippen LogP contribution >= 0.6 is 15.9 Å². The number of amides is 1. The molecule has 2 aliphatic heterocycles. The van der Waals surface area contributed by atoms with Gasteiger partial charge in [0.25, 0.3) is 0 Å². The molecule has 25 heavy (non-hydrogen) atoms. The SMILES string of the molecule is O=C(O)N1CCC2(CC1)Oc1ccccc1-c1nn(C(F)(F)Br)cc12. The van der Waals surface area contributed by atoms with Crippen molar-refractivity contribution in [2.24, 2.45) is 0 Å². The number of aromatic nitrogens is 2. The van der Waals surface area contributed by atoms with E-state index in [0.29, 0.717) is 40.1 Å². The lowest BCUT2D eigenvalue weighted by molar-refractivity contribution is -0.00190. The first-order chi connectivity index (χ1) is 11.8. The molecular weight excluding hydrogens is 400 g/mol. The second kappa shape index (κ2) is 5.42. The molecule has 0 saturated carbocycles. The van der Waals surface area contributed by atoms with E-state index in [1.165, 1.54) is 11.1 Å². The van der Waals surface area contributed by atoms with Gasteiger partial charge >= 0.3 is 11.0 Å². The highest BCUT2D eigenvalue weighted by molar-refractivity contribution is 9.09. The van der Waals surface area contributed by atoms with Crippen molar-refractivity contribution in [3.8, 4) is 17.0 Å². The Hall–Kier alpha value is -2.16. The lowest BCUT2D eigenvalue weighted by Gasteiger charge is -2.43. The molecule has 2 aliphatic rings. The maximum atomic E-state index is 13.7. The number of fused-ring (bicyclic) bond motifs is 4. The summed E-state index contributed by atoms with van der Waals surface area (Å²) in [6.07, 6.45) is 1.05. The van der Waals surface area contributed by atoms with Gasteiger partial charge in [0.2, 0.25) is 0 Å². The van der Waals surface area contributed by atoms with Gasteiger partial charge in [-0.15, -0.1) is 0 Å². The first-order valence-corrected chi connectivity index (χ1v) is 8.53. The highest BCUT2D eigenvalue weighted by Gasteiger charge is 2.47. The molecule has 9 heteroatoms. The molecule has 1 amide bonds. The van der Waals surface area contributed by atoms with Crippen LogP contribution in [0.2, 0.25) is 0 Å². The molecule has 1 spiro atoms. The Labute approximate surface area is 150 Å². The standard InChI is InChI=1S/C16H14BrF2N3O3/c17-16(18,19)22-9-11-13(20-22)10-3-1-2-4-12(10)25-15(11)5-7-21(8-6-15)14(23)24/h1-4,9H,5-8H2,(H,23,24). The fraction of sp³-hybridized carbons (Fsp3) is 0.375. The summed E-state index contributed by atoms with van der Waals surface area (Å²) in [4.78, 5) is 9.16. The van der Waals surface area contributed by atoms with Crippen molar-refractivity contribution in [2.45, 2.75) is 23.4 Å². The van der Waals surface area contributed by atoms with Crippen molar-refractivity contribution in [3.63, 3.8) is 0 Å². The Morgan fingerprint density at radius 1 is 1.32 bits per heavy atom. The number of likely N-dealkylation sites (tertiary alicyclic amines) is 1. The lowest BCUT2D eigenvalue weighted by Crippen LogP contribution is -2.48. The number of hydrogen-bond donors (Lipinski definition) is 1. The normalized spacial score (nSPS) is 18.4. The molecule has 132 valence electrons. The molecule has 1 saturated heterocycles. The number of para-hydroxylation sites is 1. The van der Waals surface area contributed by atoms with Crippen molar-refractivity contribution in [1.29, 1.82) is 0 Å². The molecule has 1 aromatic heterocycles. The average Bonchev–Trinajstić information content (AvgIpc) is 3.02.